The predicted octanol–water partition coefficient (Wildman–Crippen LogP) is 0.838. The Labute approximate surface area is 105 Å². The maximum atomic E-state index is 12.1. The van der Waals surface area contributed by atoms with Crippen LogP contribution >= 0.6 is 0 Å². The van der Waals surface area contributed by atoms with Crippen LogP contribution in [0, 0.1) is 0 Å². The molecule has 96 valence electrons. The number of anilines is 1. The number of nitrogens with zero attached hydrogens (tertiary/aromatic N) is 1. The summed E-state index contributed by atoms with van der Waals surface area (Å²) in [5.41, 5.74) is -0.726. The Morgan fingerprint density at radius 1 is 1.50 bits per heavy atom. The van der Waals surface area contributed by atoms with E-state index >= 15 is 0 Å². The van der Waals surface area contributed by atoms with E-state index < -0.39 is 11.5 Å². The van der Waals surface area contributed by atoms with Gasteiger partial charge >= 0.3 is 0 Å². The predicted molar refractivity (Wildman–Crippen MR) is 65.6 cm³/mol. The van der Waals surface area contributed by atoms with Gasteiger partial charge in [-0.1, -0.05) is 0 Å². The lowest BCUT2D eigenvalue weighted by Crippen LogP contribution is -2.39. The van der Waals surface area contributed by atoms with Crippen molar-refractivity contribution in [1.82, 2.24) is 0 Å². The normalized spacial score (nSPS) is 22.0. The number of rotatable bonds is 3. The first-order valence-electron chi connectivity index (χ1n) is 5.58. The first-order chi connectivity index (χ1) is 8.40. The number of methoxy groups -OCH3 is 1. The quantitative estimate of drug-likeness (QED) is 0.862. The number of fused-ring (bicyclic) bond motifs is 1. The Morgan fingerprint density at radius 3 is 2.72 bits per heavy atom. The van der Waals surface area contributed by atoms with Crippen molar-refractivity contribution < 1.29 is 19.4 Å². The summed E-state index contributed by atoms with van der Waals surface area (Å²) >= 11 is 0. The van der Waals surface area contributed by atoms with E-state index in [0.29, 0.717) is 17.0 Å². The van der Waals surface area contributed by atoms with Crippen molar-refractivity contribution in [1.29, 1.82) is 0 Å². The summed E-state index contributed by atoms with van der Waals surface area (Å²) in [7, 11) is 3.10. The van der Waals surface area contributed by atoms with Gasteiger partial charge in [-0.2, -0.15) is 0 Å². The lowest BCUT2D eigenvalue weighted by atomic mass is 9.90. The molecule has 5 nitrogen and oxygen atoms in total. The van der Waals surface area contributed by atoms with Crippen molar-refractivity contribution in [3.63, 3.8) is 0 Å². The minimum atomic E-state index is -1.75. The van der Waals surface area contributed by atoms with Gasteiger partial charge in [0, 0.05) is 25.1 Å². The smallest absolute Gasteiger partial charge is 0.263 e. The molecule has 1 aromatic carbocycles. The Bertz CT molecular complexity index is 526. The molecule has 0 fully saturated rings. The van der Waals surface area contributed by atoms with Crippen LogP contribution in [0.2, 0.25) is 0 Å². The molecule has 2 rings (SSSR count). The Balaban J connectivity index is 2.55. The monoisotopic (exact) mass is 249 g/mol. The van der Waals surface area contributed by atoms with E-state index in [9.17, 15) is 14.7 Å². The SMILES string of the molecule is COc1ccc2c(c1)N(C)C(=O)C2(O)CC(C)=O. The minimum absolute atomic E-state index is 0.213. The summed E-state index contributed by atoms with van der Waals surface area (Å²) in [6.07, 6.45) is -0.213. The van der Waals surface area contributed by atoms with E-state index in [1.54, 1.807) is 25.2 Å². The molecule has 1 aliphatic heterocycles. The molecule has 0 saturated heterocycles. The highest BCUT2D eigenvalue weighted by Crippen LogP contribution is 2.43. The molecule has 1 aliphatic rings. The summed E-state index contributed by atoms with van der Waals surface area (Å²) in [5.74, 6) is -0.121. The number of likely N-dealkylation sites (N-methyl/N-ethyl adjacent to an activating group) is 1. The fourth-order valence-electron chi connectivity index (χ4n) is 2.30. The molecule has 0 radical (unpaired) electrons. The molecule has 18 heavy (non-hydrogen) atoms. The van der Waals surface area contributed by atoms with Crippen LogP contribution in [0.3, 0.4) is 0 Å². The van der Waals surface area contributed by atoms with Crippen LogP contribution in [-0.2, 0) is 15.2 Å². The van der Waals surface area contributed by atoms with Gasteiger partial charge in [-0.15, -0.1) is 0 Å². The standard InChI is InChI=1S/C13H15NO4/c1-8(15)7-13(17)10-5-4-9(18-3)6-11(10)14(2)12(13)16/h4-6,17H,7H2,1-3H3. The lowest BCUT2D eigenvalue weighted by Gasteiger charge is -2.20. The van der Waals surface area contributed by atoms with Gasteiger partial charge in [0.05, 0.1) is 12.8 Å². The third-order valence-electron chi connectivity index (χ3n) is 3.18. The molecule has 1 unspecified atom stereocenters. The average Bonchev–Trinajstić information content (AvgIpc) is 2.51. The lowest BCUT2D eigenvalue weighted by molar-refractivity contribution is -0.141. The average molecular weight is 249 g/mol. The van der Waals surface area contributed by atoms with Gasteiger partial charge in [0.15, 0.2) is 5.60 Å². The van der Waals surface area contributed by atoms with Crippen LogP contribution in [0.25, 0.3) is 0 Å². The number of ether oxygens (including phenoxy) is 1. The maximum absolute atomic E-state index is 12.1. The molecule has 1 heterocycles. The molecule has 1 amide bonds. The second kappa shape index (κ2) is 4.10. The second-order valence-corrected chi connectivity index (χ2v) is 4.49. The van der Waals surface area contributed by atoms with Gasteiger partial charge in [-0.3, -0.25) is 9.59 Å². The molecular weight excluding hydrogens is 234 g/mol. The van der Waals surface area contributed by atoms with E-state index in [1.807, 2.05) is 0 Å². The molecule has 0 saturated carbocycles. The van der Waals surface area contributed by atoms with E-state index in [1.165, 1.54) is 18.9 Å². The highest BCUT2D eigenvalue weighted by molar-refractivity contribution is 6.08. The van der Waals surface area contributed by atoms with Crippen LogP contribution in [0.4, 0.5) is 5.69 Å². The van der Waals surface area contributed by atoms with Gasteiger partial charge in [0.1, 0.15) is 11.5 Å². The van der Waals surface area contributed by atoms with E-state index in [4.69, 9.17) is 4.74 Å². The van der Waals surface area contributed by atoms with Crippen molar-refractivity contribution >= 4 is 17.4 Å². The zero-order chi connectivity index (χ0) is 13.5. The van der Waals surface area contributed by atoms with E-state index in [0.717, 1.165) is 0 Å². The number of amides is 1. The number of benzene rings is 1. The Kier molecular flexibility index (Phi) is 2.86. The van der Waals surface area contributed by atoms with Gasteiger partial charge in [-0.05, 0) is 19.1 Å². The van der Waals surface area contributed by atoms with Gasteiger partial charge in [-0.25, -0.2) is 0 Å². The molecule has 0 spiro atoms. The van der Waals surface area contributed by atoms with Gasteiger partial charge in [0.2, 0.25) is 0 Å². The largest absolute Gasteiger partial charge is 0.497 e. The van der Waals surface area contributed by atoms with Crippen molar-refractivity contribution in [3.8, 4) is 5.75 Å². The van der Waals surface area contributed by atoms with Crippen molar-refractivity contribution in [3.05, 3.63) is 23.8 Å². The number of ketones is 1. The molecule has 1 atom stereocenters. The van der Waals surface area contributed by atoms with Crippen LogP contribution < -0.4 is 9.64 Å². The van der Waals surface area contributed by atoms with Crippen molar-refractivity contribution in [2.24, 2.45) is 0 Å². The number of carbonyl (C=O) groups is 2. The summed E-state index contributed by atoms with van der Waals surface area (Å²) in [5, 5.41) is 10.5. The molecular formula is C13H15NO4. The van der Waals surface area contributed by atoms with Crippen LogP contribution in [-0.4, -0.2) is 31.0 Å². The van der Waals surface area contributed by atoms with Crippen molar-refractivity contribution in [2.45, 2.75) is 18.9 Å². The number of Topliss-reactive ketones (excluding diaryl/α,β-unsaturated/α-hetero) is 1. The van der Waals surface area contributed by atoms with Gasteiger partial charge < -0.3 is 14.7 Å². The molecule has 0 aromatic heterocycles. The van der Waals surface area contributed by atoms with Gasteiger partial charge in [0.25, 0.3) is 5.91 Å². The molecule has 1 N–H and O–H groups in total. The fraction of sp³-hybridized carbons (Fsp3) is 0.385. The first-order valence-corrected chi connectivity index (χ1v) is 5.58. The first kappa shape index (κ1) is 12.6. The summed E-state index contributed by atoms with van der Waals surface area (Å²) in [4.78, 5) is 24.7. The zero-order valence-corrected chi connectivity index (χ0v) is 10.6. The topological polar surface area (TPSA) is 66.8 Å². The summed E-state index contributed by atoms with van der Waals surface area (Å²) < 4.78 is 5.09. The van der Waals surface area contributed by atoms with Crippen LogP contribution in [0.5, 0.6) is 5.75 Å². The molecule has 0 bridgehead atoms. The number of aliphatic hydroxyl groups is 1. The fourth-order valence-corrected chi connectivity index (χ4v) is 2.30. The minimum Gasteiger partial charge on any atom is -0.497 e. The zero-order valence-electron chi connectivity index (χ0n) is 10.6. The molecule has 1 aromatic rings. The summed E-state index contributed by atoms with van der Waals surface area (Å²) in [6.45, 7) is 1.35. The number of carbonyl (C=O) groups excluding carboxylic acids is 2. The molecule has 5 heteroatoms. The Morgan fingerprint density at radius 2 is 2.17 bits per heavy atom. The third-order valence-corrected chi connectivity index (χ3v) is 3.18. The third kappa shape index (κ3) is 1.67. The van der Waals surface area contributed by atoms with Crippen LogP contribution in [0.1, 0.15) is 18.9 Å². The molecule has 0 aliphatic carbocycles. The highest BCUT2D eigenvalue weighted by Gasteiger charge is 2.49. The highest BCUT2D eigenvalue weighted by atomic mass is 16.5. The van der Waals surface area contributed by atoms with E-state index in [2.05, 4.69) is 0 Å². The summed E-state index contributed by atoms with van der Waals surface area (Å²) in [6, 6.07) is 4.96. The number of hydrogen-bond acceptors (Lipinski definition) is 4. The number of hydrogen-bond donors (Lipinski definition) is 1. The van der Waals surface area contributed by atoms with E-state index in [-0.39, 0.29) is 12.2 Å². The van der Waals surface area contributed by atoms with Crippen LogP contribution in [0.15, 0.2) is 18.2 Å². The maximum Gasteiger partial charge on any atom is 0.263 e. The Hall–Kier alpha value is -1.88. The van der Waals surface area contributed by atoms with Crippen molar-refractivity contribution in [2.75, 3.05) is 19.1 Å². The second-order valence-electron chi connectivity index (χ2n) is 4.49.